The van der Waals surface area contributed by atoms with Gasteiger partial charge in [0.15, 0.2) is 5.96 Å². The van der Waals surface area contributed by atoms with Crippen LogP contribution in [0.5, 0.6) is 0 Å². The molecule has 0 amide bonds. The Labute approximate surface area is 118 Å². The number of nitrogens with zero attached hydrogens (tertiary/aromatic N) is 2. The molecule has 1 aliphatic heterocycles. The fourth-order valence-electron chi connectivity index (χ4n) is 2.64. The number of guanidine groups is 1. The molecule has 2 aromatic carbocycles. The van der Waals surface area contributed by atoms with E-state index in [0.717, 1.165) is 25.3 Å². The maximum atomic E-state index is 7.77. The third kappa shape index (κ3) is 2.32. The van der Waals surface area contributed by atoms with Gasteiger partial charge in [0.2, 0.25) is 0 Å². The topological polar surface area (TPSA) is 56.4 Å². The van der Waals surface area contributed by atoms with Crippen molar-refractivity contribution < 1.29 is 0 Å². The van der Waals surface area contributed by atoms with Crippen LogP contribution >= 0.6 is 0 Å². The van der Waals surface area contributed by atoms with Gasteiger partial charge in [0.25, 0.3) is 0 Å². The summed E-state index contributed by atoms with van der Waals surface area (Å²) in [6.07, 6.45) is 0. The summed E-state index contributed by atoms with van der Waals surface area (Å²) in [7, 11) is 0. The summed E-state index contributed by atoms with van der Waals surface area (Å²) in [4.78, 5) is 4.19. The molecule has 4 heteroatoms. The molecule has 3 rings (SSSR count). The highest BCUT2D eigenvalue weighted by Gasteiger charge is 2.20. The van der Waals surface area contributed by atoms with Crippen molar-refractivity contribution in [2.24, 2.45) is 5.73 Å². The van der Waals surface area contributed by atoms with E-state index in [1.807, 2.05) is 29.2 Å². The Morgan fingerprint density at radius 3 is 2.40 bits per heavy atom. The third-order valence-corrected chi connectivity index (χ3v) is 3.65. The van der Waals surface area contributed by atoms with Gasteiger partial charge in [-0.05, 0) is 23.8 Å². The maximum absolute atomic E-state index is 7.77. The number of fused-ring (bicyclic) bond motifs is 1. The zero-order valence-electron chi connectivity index (χ0n) is 11.3. The second-order valence-electron chi connectivity index (χ2n) is 4.92. The largest absolute Gasteiger partial charge is 0.370 e. The zero-order chi connectivity index (χ0) is 13.9. The van der Waals surface area contributed by atoms with Gasteiger partial charge in [0.05, 0.1) is 0 Å². The number of nitrogens with two attached hydrogens (primary N) is 1. The fourth-order valence-corrected chi connectivity index (χ4v) is 2.64. The smallest absolute Gasteiger partial charge is 0.193 e. The molecule has 2 aromatic rings. The molecule has 1 aliphatic rings. The lowest BCUT2D eigenvalue weighted by atomic mass is 10.1. The fraction of sp³-hybridized carbons (Fsp3) is 0.188. The van der Waals surface area contributed by atoms with Gasteiger partial charge in [-0.2, -0.15) is 0 Å². The molecule has 0 saturated heterocycles. The van der Waals surface area contributed by atoms with Crippen LogP contribution < -0.4 is 15.5 Å². The van der Waals surface area contributed by atoms with Crippen molar-refractivity contribution in [2.75, 3.05) is 22.9 Å². The van der Waals surface area contributed by atoms with Crippen LogP contribution in [-0.2, 0) is 6.54 Å². The van der Waals surface area contributed by atoms with Crippen molar-refractivity contribution >= 4 is 17.3 Å². The predicted octanol–water partition coefficient (Wildman–Crippen LogP) is 2.41. The van der Waals surface area contributed by atoms with Gasteiger partial charge in [-0.25, -0.2) is 0 Å². The quantitative estimate of drug-likeness (QED) is 0.615. The van der Waals surface area contributed by atoms with E-state index in [-0.39, 0.29) is 5.96 Å². The van der Waals surface area contributed by atoms with Crippen molar-refractivity contribution in [3.63, 3.8) is 0 Å². The maximum Gasteiger partial charge on any atom is 0.193 e. The van der Waals surface area contributed by atoms with Gasteiger partial charge in [0, 0.05) is 31.0 Å². The minimum Gasteiger partial charge on any atom is -0.370 e. The second kappa shape index (κ2) is 5.25. The number of hydrogen-bond donors (Lipinski definition) is 2. The molecule has 0 radical (unpaired) electrons. The summed E-state index contributed by atoms with van der Waals surface area (Å²) in [6, 6.07) is 18.5. The second-order valence-corrected chi connectivity index (χ2v) is 4.92. The Kier molecular flexibility index (Phi) is 3.29. The number of benzene rings is 2. The highest BCUT2D eigenvalue weighted by atomic mass is 15.3. The Balaban J connectivity index is 1.97. The van der Waals surface area contributed by atoms with Gasteiger partial charge in [0.1, 0.15) is 0 Å². The number of para-hydroxylation sites is 2. The Hall–Kier alpha value is -2.49. The lowest BCUT2D eigenvalue weighted by molar-refractivity contribution is 0.811. The summed E-state index contributed by atoms with van der Waals surface area (Å²) in [5, 5.41) is 7.77. The number of rotatable bonds is 1. The van der Waals surface area contributed by atoms with E-state index in [4.69, 9.17) is 11.1 Å². The van der Waals surface area contributed by atoms with Crippen LogP contribution in [0.15, 0.2) is 54.6 Å². The van der Waals surface area contributed by atoms with Crippen LogP contribution in [0.1, 0.15) is 5.56 Å². The first-order valence-corrected chi connectivity index (χ1v) is 6.75. The number of hydrogen-bond acceptors (Lipinski definition) is 2. The molecule has 1 heterocycles. The first-order valence-electron chi connectivity index (χ1n) is 6.75. The highest BCUT2D eigenvalue weighted by Crippen LogP contribution is 2.27. The summed E-state index contributed by atoms with van der Waals surface area (Å²) in [5.41, 5.74) is 9.17. The number of nitrogens with one attached hydrogen (secondary N) is 1. The van der Waals surface area contributed by atoms with E-state index >= 15 is 0 Å². The van der Waals surface area contributed by atoms with E-state index in [0.29, 0.717) is 0 Å². The minimum absolute atomic E-state index is 0.104. The van der Waals surface area contributed by atoms with Gasteiger partial charge < -0.3 is 15.5 Å². The standard InChI is InChI=1S/C16H18N4/c17-16(18)20-11-10-19(14-7-2-1-3-8-14)12-13-6-4-5-9-15(13)20/h1-9H,10-12H2,(H3,17,18). The van der Waals surface area contributed by atoms with Crippen molar-refractivity contribution in [1.29, 1.82) is 5.41 Å². The van der Waals surface area contributed by atoms with E-state index in [1.54, 1.807) is 0 Å². The van der Waals surface area contributed by atoms with Gasteiger partial charge in [-0.3, -0.25) is 5.41 Å². The third-order valence-electron chi connectivity index (χ3n) is 3.65. The SMILES string of the molecule is N=C(N)N1CCN(c2ccccc2)Cc2ccccc21. The van der Waals surface area contributed by atoms with E-state index in [9.17, 15) is 0 Å². The molecular formula is C16H18N4. The zero-order valence-corrected chi connectivity index (χ0v) is 11.3. The molecule has 102 valence electrons. The van der Waals surface area contributed by atoms with Crippen molar-refractivity contribution in [1.82, 2.24) is 0 Å². The summed E-state index contributed by atoms with van der Waals surface area (Å²) < 4.78 is 0. The normalized spacial score (nSPS) is 14.6. The molecule has 0 fully saturated rings. The molecule has 0 unspecified atom stereocenters. The predicted molar refractivity (Wildman–Crippen MR) is 83.2 cm³/mol. The van der Waals surface area contributed by atoms with Gasteiger partial charge >= 0.3 is 0 Å². The average Bonchev–Trinajstić information content (AvgIpc) is 2.67. The monoisotopic (exact) mass is 266 g/mol. The molecular weight excluding hydrogens is 248 g/mol. The lowest BCUT2D eigenvalue weighted by Crippen LogP contribution is -2.40. The van der Waals surface area contributed by atoms with E-state index < -0.39 is 0 Å². The van der Waals surface area contributed by atoms with Gasteiger partial charge in [-0.15, -0.1) is 0 Å². The first-order chi connectivity index (χ1) is 9.75. The van der Waals surface area contributed by atoms with E-state index in [2.05, 4.69) is 35.2 Å². The van der Waals surface area contributed by atoms with Crippen LogP contribution in [0.3, 0.4) is 0 Å². The average molecular weight is 266 g/mol. The minimum atomic E-state index is 0.104. The van der Waals surface area contributed by atoms with Crippen LogP contribution in [0.4, 0.5) is 11.4 Å². The molecule has 20 heavy (non-hydrogen) atoms. The summed E-state index contributed by atoms with van der Waals surface area (Å²) in [5.74, 6) is 0.104. The Bertz CT molecular complexity index is 609. The molecule has 0 atom stereocenters. The summed E-state index contributed by atoms with van der Waals surface area (Å²) >= 11 is 0. The first kappa shape index (κ1) is 12.5. The van der Waals surface area contributed by atoms with Crippen LogP contribution in [0.25, 0.3) is 0 Å². The van der Waals surface area contributed by atoms with Crippen molar-refractivity contribution in [3.8, 4) is 0 Å². The number of anilines is 2. The molecule has 4 nitrogen and oxygen atoms in total. The molecule has 0 aromatic heterocycles. The van der Waals surface area contributed by atoms with Crippen molar-refractivity contribution in [3.05, 3.63) is 60.2 Å². The van der Waals surface area contributed by atoms with Crippen LogP contribution in [-0.4, -0.2) is 19.0 Å². The van der Waals surface area contributed by atoms with E-state index in [1.165, 1.54) is 11.3 Å². The van der Waals surface area contributed by atoms with Crippen LogP contribution in [0, 0.1) is 5.41 Å². The molecule has 0 aliphatic carbocycles. The Morgan fingerprint density at radius 1 is 0.950 bits per heavy atom. The lowest BCUT2D eigenvalue weighted by Gasteiger charge is -2.24. The van der Waals surface area contributed by atoms with Crippen molar-refractivity contribution in [2.45, 2.75) is 6.54 Å². The summed E-state index contributed by atoms with van der Waals surface area (Å²) in [6.45, 7) is 2.41. The highest BCUT2D eigenvalue weighted by molar-refractivity contribution is 5.93. The van der Waals surface area contributed by atoms with Crippen LogP contribution in [0.2, 0.25) is 0 Å². The molecule has 3 N–H and O–H groups in total. The van der Waals surface area contributed by atoms with Gasteiger partial charge in [-0.1, -0.05) is 36.4 Å². The molecule has 0 saturated carbocycles. The molecule has 0 bridgehead atoms. The Morgan fingerprint density at radius 2 is 1.65 bits per heavy atom. The molecule has 0 spiro atoms.